The lowest BCUT2D eigenvalue weighted by molar-refractivity contribution is -0.153. The lowest BCUT2D eigenvalue weighted by Crippen LogP contribution is -2.53. The highest BCUT2D eigenvalue weighted by molar-refractivity contribution is 9.10. The van der Waals surface area contributed by atoms with Crippen LogP contribution in [0.15, 0.2) is 28.7 Å². The van der Waals surface area contributed by atoms with Crippen LogP contribution < -0.4 is 4.90 Å². The van der Waals surface area contributed by atoms with E-state index < -0.39 is 29.9 Å². The zero-order valence-corrected chi connectivity index (χ0v) is 16.2. The molecule has 1 heterocycles. The topological polar surface area (TPSA) is 49.9 Å². The van der Waals surface area contributed by atoms with Crippen LogP contribution in [0.25, 0.3) is 0 Å². The summed E-state index contributed by atoms with van der Waals surface area (Å²) in [6.45, 7) is 5.14. The largest absolute Gasteiger partial charge is 0.491 e. The van der Waals surface area contributed by atoms with E-state index in [1.807, 2.05) is 0 Å². The molecule has 1 aliphatic rings. The monoisotopic (exact) mass is 436 g/mol. The van der Waals surface area contributed by atoms with Gasteiger partial charge < -0.3 is 4.74 Å². The van der Waals surface area contributed by atoms with E-state index in [9.17, 15) is 22.8 Å². The summed E-state index contributed by atoms with van der Waals surface area (Å²) in [6, 6.07) is 4.02. The van der Waals surface area contributed by atoms with E-state index >= 15 is 0 Å². The molecule has 1 saturated heterocycles. The standard InChI is InChI=1S/C17H20BrF3N2O3/c1-16(2,3)26-15(25)22-10-4-5-13(22)14(24)23(17(19,20)21)12-8-6-11(18)7-9-12/h6-9,13H,4-5,10H2,1-3H3. The number of carbonyl (C=O) groups is 2. The Bertz CT molecular complexity index is 671. The van der Waals surface area contributed by atoms with Crippen molar-refractivity contribution in [1.82, 2.24) is 4.90 Å². The molecule has 144 valence electrons. The number of alkyl halides is 3. The fourth-order valence-corrected chi connectivity index (χ4v) is 2.96. The summed E-state index contributed by atoms with van der Waals surface area (Å²) in [7, 11) is 0. The van der Waals surface area contributed by atoms with Gasteiger partial charge in [0.15, 0.2) is 0 Å². The van der Waals surface area contributed by atoms with E-state index in [0.717, 1.165) is 4.90 Å². The minimum Gasteiger partial charge on any atom is -0.444 e. The maximum Gasteiger partial charge on any atom is 0.491 e. The molecule has 0 radical (unpaired) electrons. The van der Waals surface area contributed by atoms with Crippen molar-refractivity contribution in [3.05, 3.63) is 28.7 Å². The van der Waals surface area contributed by atoms with Gasteiger partial charge in [0, 0.05) is 11.0 Å². The third-order valence-electron chi connectivity index (χ3n) is 3.72. The Morgan fingerprint density at radius 2 is 1.77 bits per heavy atom. The third kappa shape index (κ3) is 4.90. The van der Waals surface area contributed by atoms with Crippen molar-refractivity contribution >= 4 is 33.6 Å². The molecule has 1 aliphatic heterocycles. The summed E-state index contributed by atoms with van der Waals surface area (Å²) >= 11 is 3.15. The molecule has 2 rings (SSSR count). The van der Waals surface area contributed by atoms with Crippen molar-refractivity contribution in [3.8, 4) is 0 Å². The molecule has 0 saturated carbocycles. The van der Waals surface area contributed by atoms with Crippen LogP contribution in [0.3, 0.4) is 0 Å². The Labute approximate surface area is 158 Å². The van der Waals surface area contributed by atoms with Crippen molar-refractivity contribution in [2.75, 3.05) is 11.4 Å². The molecule has 1 aromatic rings. The van der Waals surface area contributed by atoms with E-state index in [4.69, 9.17) is 4.74 Å². The van der Waals surface area contributed by atoms with Gasteiger partial charge in [0.2, 0.25) is 0 Å². The summed E-state index contributed by atoms with van der Waals surface area (Å²) in [5, 5.41) is 0. The highest BCUT2D eigenvalue weighted by atomic mass is 79.9. The summed E-state index contributed by atoms with van der Waals surface area (Å²) in [6.07, 6.45) is -5.11. The second-order valence-electron chi connectivity index (χ2n) is 6.95. The second-order valence-corrected chi connectivity index (χ2v) is 7.87. The molecule has 1 aromatic carbocycles. The first-order valence-electron chi connectivity index (χ1n) is 8.06. The van der Waals surface area contributed by atoms with Crippen LogP contribution >= 0.6 is 15.9 Å². The first kappa shape index (κ1) is 20.5. The van der Waals surface area contributed by atoms with Gasteiger partial charge in [-0.25, -0.2) is 9.69 Å². The van der Waals surface area contributed by atoms with E-state index in [2.05, 4.69) is 15.9 Å². The Morgan fingerprint density at radius 1 is 1.19 bits per heavy atom. The van der Waals surface area contributed by atoms with Crippen molar-refractivity contribution in [2.24, 2.45) is 0 Å². The van der Waals surface area contributed by atoms with Crippen LogP contribution in [0.5, 0.6) is 0 Å². The van der Waals surface area contributed by atoms with E-state index in [1.165, 1.54) is 24.3 Å². The van der Waals surface area contributed by atoms with Crippen LogP contribution in [0.2, 0.25) is 0 Å². The van der Waals surface area contributed by atoms with Crippen LogP contribution in [0.4, 0.5) is 23.7 Å². The Balaban J connectivity index is 2.30. The number of anilines is 1. The van der Waals surface area contributed by atoms with Crippen molar-refractivity contribution < 1.29 is 27.5 Å². The number of halogens is 4. The minimum absolute atomic E-state index is 0.154. The number of hydrogen-bond acceptors (Lipinski definition) is 3. The predicted octanol–water partition coefficient (Wildman–Crippen LogP) is 4.70. The van der Waals surface area contributed by atoms with Gasteiger partial charge in [-0.15, -0.1) is 13.2 Å². The third-order valence-corrected chi connectivity index (χ3v) is 4.25. The summed E-state index contributed by atoms with van der Waals surface area (Å²) in [5.41, 5.74) is -1.11. The molecule has 0 aliphatic carbocycles. The quantitative estimate of drug-likeness (QED) is 0.631. The molecule has 2 amide bonds. The van der Waals surface area contributed by atoms with Crippen LogP contribution in [-0.4, -0.2) is 41.4 Å². The molecule has 1 atom stereocenters. The SMILES string of the molecule is CC(C)(C)OC(=O)N1CCCC1C(=O)N(c1ccc(Br)cc1)C(F)(F)F. The fraction of sp³-hybridized carbons (Fsp3) is 0.529. The fourth-order valence-electron chi connectivity index (χ4n) is 2.70. The number of ether oxygens (including phenoxy) is 1. The summed E-state index contributed by atoms with van der Waals surface area (Å²) in [4.78, 5) is 25.8. The molecule has 1 unspecified atom stereocenters. The number of benzene rings is 1. The number of amides is 2. The van der Waals surface area contributed by atoms with Gasteiger partial charge in [0.1, 0.15) is 11.6 Å². The van der Waals surface area contributed by atoms with Gasteiger partial charge in [-0.2, -0.15) is 0 Å². The predicted molar refractivity (Wildman–Crippen MR) is 93.6 cm³/mol. The number of nitrogens with zero attached hydrogens (tertiary/aromatic N) is 2. The first-order valence-corrected chi connectivity index (χ1v) is 8.85. The zero-order chi connectivity index (χ0) is 19.7. The normalized spacial score (nSPS) is 18.0. The van der Waals surface area contributed by atoms with E-state index in [-0.39, 0.29) is 23.6 Å². The van der Waals surface area contributed by atoms with Gasteiger partial charge in [0.05, 0.1) is 5.69 Å². The lowest BCUT2D eigenvalue weighted by Gasteiger charge is -2.32. The minimum atomic E-state index is -4.91. The molecule has 0 spiro atoms. The Morgan fingerprint density at radius 3 is 2.27 bits per heavy atom. The molecule has 0 N–H and O–H groups in total. The van der Waals surface area contributed by atoms with Crippen molar-refractivity contribution in [1.29, 1.82) is 0 Å². The first-order chi connectivity index (χ1) is 11.9. The summed E-state index contributed by atoms with van der Waals surface area (Å²) in [5.74, 6) is -1.19. The molecular formula is C17H20BrF3N2O3. The van der Waals surface area contributed by atoms with Crippen LogP contribution in [0.1, 0.15) is 33.6 Å². The highest BCUT2D eigenvalue weighted by Crippen LogP contribution is 2.33. The van der Waals surface area contributed by atoms with Crippen molar-refractivity contribution in [3.63, 3.8) is 0 Å². The maximum absolute atomic E-state index is 13.6. The zero-order valence-electron chi connectivity index (χ0n) is 14.6. The van der Waals surface area contributed by atoms with Gasteiger partial charge >= 0.3 is 12.4 Å². The number of carbonyl (C=O) groups excluding carboxylic acids is 2. The maximum atomic E-state index is 13.6. The average molecular weight is 437 g/mol. The van der Waals surface area contributed by atoms with E-state index in [1.54, 1.807) is 20.8 Å². The molecule has 0 aromatic heterocycles. The second kappa shape index (κ2) is 7.46. The van der Waals surface area contributed by atoms with Gasteiger partial charge in [-0.3, -0.25) is 9.69 Å². The highest BCUT2D eigenvalue weighted by Gasteiger charge is 2.48. The number of hydrogen-bond donors (Lipinski definition) is 0. The molecule has 1 fully saturated rings. The Kier molecular flexibility index (Phi) is 5.89. The number of rotatable bonds is 2. The van der Waals surface area contributed by atoms with Crippen LogP contribution in [-0.2, 0) is 9.53 Å². The Hall–Kier alpha value is -1.77. The van der Waals surface area contributed by atoms with E-state index in [0.29, 0.717) is 10.9 Å². The van der Waals surface area contributed by atoms with Gasteiger partial charge in [-0.05, 0) is 57.9 Å². The number of likely N-dealkylation sites (tertiary alicyclic amines) is 1. The smallest absolute Gasteiger partial charge is 0.444 e. The lowest BCUT2D eigenvalue weighted by atomic mass is 10.1. The van der Waals surface area contributed by atoms with Crippen LogP contribution in [0, 0.1) is 0 Å². The average Bonchev–Trinajstić information content (AvgIpc) is 2.96. The molecule has 26 heavy (non-hydrogen) atoms. The molecule has 9 heteroatoms. The van der Waals surface area contributed by atoms with Gasteiger partial charge in [-0.1, -0.05) is 15.9 Å². The summed E-state index contributed by atoms with van der Waals surface area (Å²) < 4.78 is 46.5. The molecule has 5 nitrogen and oxygen atoms in total. The van der Waals surface area contributed by atoms with Crippen molar-refractivity contribution in [2.45, 2.75) is 51.6 Å². The molecule has 0 bridgehead atoms. The molecular weight excluding hydrogens is 417 g/mol. The van der Waals surface area contributed by atoms with Gasteiger partial charge in [0.25, 0.3) is 5.91 Å².